The molecule has 0 spiro atoms. The number of piperidine rings is 1. The number of rotatable bonds is 8. The van der Waals surface area contributed by atoms with Gasteiger partial charge in [0, 0.05) is 19.0 Å². The summed E-state index contributed by atoms with van der Waals surface area (Å²) in [5.74, 6) is 0.0660. The molecule has 4 aromatic rings. The molecule has 1 aliphatic rings. The molecular formula is C26H26FN5O7S. The van der Waals surface area contributed by atoms with Crippen LogP contribution in [0.15, 0.2) is 65.3 Å². The first-order chi connectivity index (χ1) is 19.2. The first kappa shape index (κ1) is 27.0. The highest BCUT2D eigenvalue weighted by molar-refractivity contribution is 7.93. The van der Waals surface area contributed by atoms with Gasteiger partial charge in [0.1, 0.15) is 23.0 Å². The number of aromatic nitrogens is 3. The molecule has 2 aromatic carbocycles. The van der Waals surface area contributed by atoms with Crippen molar-refractivity contribution in [2.75, 3.05) is 32.0 Å². The van der Waals surface area contributed by atoms with E-state index in [2.05, 4.69) is 14.9 Å². The molecule has 1 fully saturated rings. The number of benzene rings is 2. The summed E-state index contributed by atoms with van der Waals surface area (Å²) >= 11 is 0. The number of anilines is 1. The fraction of sp³-hybridized carbons (Fsp3) is 0.269. The van der Waals surface area contributed by atoms with E-state index < -0.39 is 33.1 Å². The van der Waals surface area contributed by atoms with Crippen LogP contribution >= 0.6 is 0 Å². The standard InChI is InChI=1S/C26H26FN5O7S/c1-37-20-5-3-6-21(38-2)23(20)32-24(22-7-4-12-39-22)28-29-25(32)30-40(35,36)19-13-17(14-31(15-19)26(33)34)16-8-10-18(27)11-9-16/h3-12,17,19H,13-15H2,1-2H3,(H,29,30)(H,33,34)/t17-,19-/m0/s1. The van der Waals surface area contributed by atoms with Crippen molar-refractivity contribution >= 4 is 22.1 Å². The Morgan fingerprint density at radius 1 is 1.05 bits per heavy atom. The summed E-state index contributed by atoms with van der Waals surface area (Å²) in [5, 5.41) is 16.8. The van der Waals surface area contributed by atoms with E-state index in [1.165, 1.54) is 49.3 Å². The number of nitrogens with one attached hydrogen (secondary N) is 1. The predicted octanol–water partition coefficient (Wildman–Crippen LogP) is 3.96. The van der Waals surface area contributed by atoms with Crippen molar-refractivity contribution in [1.29, 1.82) is 0 Å². The number of amides is 1. The Balaban J connectivity index is 1.56. The average Bonchev–Trinajstić information content (AvgIpc) is 3.62. The summed E-state index contributed by atoms with van der Waals surface area (Å²) < 4.78 is 61.6. The number of halogens is 1. The summed E-state index contributed by atoms with van der Waals surface area (Å²) in [6.07, 6.45) is 0.284. The normalized spacial score (nSPS) is 17.4. The number of carbonyl (C=O) groups is 1. The van der Waals surface area contributed by atoms with Gasteiger partial charge in [-0.15, -0.1) is 10.2 Å². The van der Waals surface area contributed by atoms with Crippen LogP contribution in [0.3, 0.4) is 0 Å². The lowest BCUT2D eigenvalue weighted by molar-refractivity contribution is 0.131. The van der Waals surface area contributed by atoms with Crippen molar-refractivity contribution in [3.8, 4) is 28.8 Å². The van der Waals surface area contributed by atoms with Gasteiger partial charge in [-0.3, -0.25) is 9.29 Å². The number of methoxy groups -OCH3 is 2. The van der Waals surface area contributed by atoms with Crippen LogP contribution in [0.1, 0.15) is 17.9 Å². The lowest BCUT2D eigenvalue weighted by Crippen LogP contribution is -2.49. The van der Waals surface area contributed by atoms with Crippen LogP contribution in [0.2, 0.25) is 0 Å². The highest BCUT2D eigenvalue weighted by Crippen LogP contribution is 2.38. The van der Waals surface area contributed by atoms with Gasteiger partial charge in [-0.2, -0.15) is 0 Å². The van der Waals surface area contributed by atoms with Crippen LogP contribution < -0.4 is 14.2 Å². The van der Waals surface area contributed by atoms with Crippen LogP contribution in [-0.4, -0.2) is 71.8 Å². The Hall–Kier alpha value is -4.59. The molecule has 210 valence electrons. The third kappa shape index (κ3) is 5.17. The molecule has 0 unspecified atom stereocenters. The second-order valence-corrected chi connectivity index (χ2v) is 11.1. The van der Waals surface area contributed by atoms with Crippen molar-refractivity contribution in [3.05, 3.63) is 72.2 Å². The Bertz CT molecular complexity index is 1580. The summed E-state index contributed by atoms with van der Waals surface area (Å²) in [6, 6.07) is 13.9. The molecule has 0 bridgehead atoms. The summed E-state index contributed by atoms with van der Waals surface area (Å²) in [6.45, 7) is -0.191. The van der Waals surface area contributed by atoms with Crippen LogP contribution in [0.25, 0.3) is 17.3 Å². The number of carboxylic acid groups (broad SMARTS) is 1. The molecule has 2 N–H and O–H groups in total. The number of para-hydroxylation sites is 1. The lowest BCUT2D eigenvalue weighted by Gasteiger charge is -2.36. The Morgan fingerprint density at radius 3 is 2.35 bits per heavy atom. The van der Waals surface area contributed by atoms with Gasteiger partial charge in [0.25, 0.3) is 0 Å². The van der Waals surface area contributed by atoms with E-state index in [4.69, 9.17) is 13.9 Å². The SMILES string of the molecule is COc1cccc(OC)c1-n1c(NS(=O)(=O)[C@H]2C[C@H](c3ccc(F)cc3)CN(C(=O)O)C2)nnc1-c1ccco1. The average molecular weight is 572 g/mol. The monoisotopic (exact) mass is 571 g/mol. The second-order valence-electron chi connectivity index (χ2n) is 9.11. The number of hydrogen-bond donors (Lipinski definition) is 2. The topological polar surface area (TPSA) is 149 Å². The minimum Gasteiger partial charge on any atom is -0.494 e. The molecular weight excluding hydrogens is 545 g/mol. The fourth-order valence-corrected chi connectivity index (χ4v) is 6.22. The molecule has 0 saturated carbocycles. The zero-order valence-electron chi connectivity index (χ0n) is 21.5. The van der Waals surface area contributed by atoms with Crippen LogP contribution in [-0.2, 0) is 10.0 Å². The molecule has 5 rings (SSSR count). The van der Waals surface area contributed by atoms with Crippen molar-refractivity contribution in [2.24, 2.45) is 0 Å². The molecule has 0 radical (unpaired) electrons. The largest absolute Gasteiger partial charge is 0.494 e. The van der Waals surface area contributed by atoms with Gasteiger partial charge in [-0.1, -0.05) is 18.2 Å². The van der Waals surface area contributed by atoms with E-state index >= 15 is 0 Å². The van der Waals surface area contributed by atoms with Crippen molar-refractivity contribution in [3.63, 3.8) is 0 Å². The Labute approximate surface area is 229 Å². The Kier molecular flexibility index (Phi) is 7.34. The van der Waals surface area contributed by atoms with Crippen LogP contribution in [0.4, 0.5) is 15.1 Å². The molecule has 40 heavy (non-hydrogen) atoms. The van der Waals surface area contributed by atoms with Gasteiger partial charge < -0.3 is 23.9 Å². The van der Waals surface area contributed by atoms with E-state index in [1.807, 2.05) is 0 Å². The van der Waals surface area contributed by atoms with E-state index in [0.717, 1.165) is 4.90 Å². The first-order valence-electron chi connectivity index (χ1n) is 12.2. The highest BCUT2D eigenvalue weighted by atomic mass is 32.2. The minimum absolute atomic E-state index is 0.0736. The first-order valence-corrected chi connectivity index (χ1v) is 13.7. The van der Waals surface area contributed by atoms with Crippen LogP contribution in [0, 0.1) is 5.82 Å². The summed E-state index contributed by atoms with van der Waals surface area (Å²) in [5.41, 5.74) is 0.955. The summed E-state index contributed by atoms with van der Waals surface area (Å²) in [7, 11) is -1.33. The molecule has 2 atom stereocenters. The number of hydrogen-bond acceptors (Lipinski definition) is 8. The summed E-state index contributed by atoms with van der Waals surface area (Å²) in [4.78, 5) is 13.0. The zero-order chi connectivity index (χ0) is 28.4. The second kappa shape index (κ2) is 10.9. The van der Waals surface area contributed by atoms with Gasteiger partial charge >= 0.3 is 6.09 Å². The lowest BCUT2D eigenvalue weighted by atomic mass is 9.90. The smallest absolute Gasteiger partial charge is 0.407 e. The molecule has 0 aliphatic carbocycles. The molecule has 14 heteroatoms. The number of furan rings is 1. The van der Waals surface area contributed by atoms with E-state index in [9.17, 15) is 22.7 Å². The molecule has 1 aliphatic heterocycles. The van der Waals surface area contributed by atoms with E-state index in [0.29, 0.717) is 28.5 Å². The molecule has 2 aromatic heterocycles. The molecule has 3 heterocycles. The molecule has 12 nitrogen and oxygen atoms in total. The van der Waals surface area contributed by atoms with Gasteiger partial charge in [-0.25, -0.2) is 17.6 Å². The third-order valence-corrected chi connectivity index (χ3v) is 8.41. The highest BCUT2D eigenvalue weighted by Gasteiger charge is 2.39. The number of ether oxygens (including phenoxy) is 2. The predicted molar refractivity (Wildman–Crippen MR) is 142 cm³/mol. The number of sulfonamides is 1. The maximum Gasteiger partial charge on any atom is 0.407 e. The molecule has 1 amide bonds. The van der Waals surface area contributed by atoms with Gasteiger partial charge in [0.15, 0.2) is 5.76 Å². The van der Waals surface area contributed by atoms with Crippen molar-refractivity contribution in [1.82, 2.24) is 19.7 Å². The van der Waals surface area contributed by atoms with Crippen molar-refractivity contribution < 1.29 is 36.6 Å². The van der Waals surface area contributed by atoms with Crippen molar-refractivity contribution in [2.45, 2.75) is 17.6 Å². The Morgan fingerprint density at radius 2 is 1.75 bits per heavy atom. The zero-order valence-corrected chi connectivity index (χ0v) is 22.3. The van der Waals surface area contributed by atoms with Gasteiger partial charge in [0.05, 0.1) is 25.7 Å². The van der Waals surface area contributed by atoms with Crippen LogP contribution in [0.5, 0.6) is 11.5 Å². The third-order valence-electron chi connectivity index (χ3n) is 6.73. The van der Waals surface area contributed by atoms with E-state index in [1.54, 1.807) is 30.3 Å². The fourth-order valence-electron chi connectivity index (χ4n) is 4.80. The number of likely N-dealkylation sites (tertiary alicyclic amines) is 1. The van der Waals surface area contributed by atoms with Gasteiger partial charge in [0.2, 0.25) is 21.8 Å². The minimum atomic E-state index is -4.24. The quantitative estimate of drug-likeness (QED) is 0.320. The maximum atomic E-state index is 13.8. The van der Waals surface area contributed by atoms with Gasteiger partial charge in [-0.05, 0) is 48.4 Å². The molecule has 1 saturated heterocycles. The number of nitrogens with zero attached hydrogens (tertiary/aromatic N) is 4. The maximum absolute atomic E-state index is 13.8. The van der Waals surface area contributed by atoms with E-state index in [-0.39, 0.29) is 31.3 Å².